The van der Waals surface area contributed by atoms with E-state index in [2.05, 4.69) is 5.32 Å². The van der Waals surface area contributed by atoms with Crippen LogP contribution in [0.3, 0.4) is 0 Å². The van der Waals surface area contributed by atoms with Gasteiger partial charge in [-0.25, -0.2) is 0 Å². The highest BCUT2D eigenvalue weighted by molar-refractivity contribution is 5.77. The second-order valence-corrected chi connectivity index (χ2v) is 3.96. The van der Waals surface area contributed by atoms with E-state index in [9.17, 15) is 9.59 Å². The minimum Gasteiger partial charge on any atom is -0.481 e. The number of hydrogen-bond acceptors (Lipinski definition) is 3. The van der Waals surface area contributed by atoms with Gasteiger partial charge in [-0.3, -0.25) is 9.59 Å². The van der Waals surface area contributed by atoms with Crippen molar-refractivity contribution in [1.29, 1.82) is 0 Å². The fraction of sp³-hybridized carbons (Fsp3) is 0.818. The summed E-state index contributed by atoms with van der Waals surface area (Å²) in [6, 6.07) is 0. The lowest BCUT2D eigenvalue weighted by Crippen LogP contribution is -2.34. The molecule has 2 atom stereocenters. The van der Waals surface area contributed by atoms with E-state index in [4.69, 9.17) is 10.8 Å². The Balaban J connectivity index is 3.92. The molecule has 2 unspecified atom stereocenters. The minimum atomic E-state index is -0.867. The molecule has 0 heterocycles. The Morgan fingerprint density at radius 3 is 2.31 bits per heavy atom. The van der Waals surface area contributed by atoms with Crippen molar-refractivity contribution in [3.05, 3.63) is 0 Å². The van der Waals surface area contributed by atoms with Gasteiger partial charge in [0, 0.05) is 13.0 Å². The van der Waals surface area contributed by atoms with Gasteiger partial charge < -0.3 is 16.2 Å². The molecule has 16 heavy (non-hydrogen) atoms. The van der Waals surface area contributed by atoms with E-state index in [1.54, 1.807) is 6.92 Å². The summed E-state index contributed by atoms with van der Waals surface area (Å²) < 4.78 is 0. The van der Waals surface area contributed by atoms with Crippen molar-refractivity contribution in [2.75, 3.05) is 13.1 Å². The molecule has 94 valence electrons. The first-order chi connectivity index (χ1) is 7.54. The van der Waals surface area contributed by atoms with Gasteiger partial charge in [0.25, 0.3) is 0 Å². The van der Waals surface area contributed by atoms with E-state index in [0.717, 1.165) is 6.42 Å². The highest BCUT2D eigenvalue weighted by atomic mass is 16.4. The zero-order valence-electron chi connectivity index (χ0n) is 10.0. The van der Waals surface area contributed by atoms with Gasteiger partial charge in [-0.2, -0.15) is 0 Å². The molecule has 0 spiro atoms. The average molecular weight is 230 g/mol. The van der Waals surface area contributed by atoms with Gasteiger partial charge in [-0.1, -0.05) is 20.3 Å². The van der Waals surface area contributed by atoms with Crippen LogP contribution in [0.4, 0.5) is 0 Å². The van der Waals surface area contributed by atoms with Crippen LogP contribution < -0.4 is 11.1 Å². The molecule has 0 radical (unpaired) electrons. The summed E-state index contributed by atoms with van der Waals surface area (Å²) in [5.41, 5.74) is 5.49. The summed E-state index contributed by atoms with van der Waals surface area (Å²) in [6.07, 6.45) is 1.76. The van der Waals surface area contributed by atoms with Gasteiger partial charge in [0.15, 0.2) is 0 Å². The molecule has 0 rings (SSSR count). The van der Waals surface area contributed by atoms with Gasteiger partial charge in [-0.15, -0.1) is 0 Å². The molecule has 0 aliphatic carbocycles. The molecule has 0 fully saturated rings. The van der Waals surface area contributed by atoms with E-state index in [0.29, 0.717) is 19.4 Å². The summed E-state index contributed by atoms with van der Waals surface area (Å²) >= 11 is 0. The van der Waals surface area contributed by atoms with E-state index in [-0.39, 0.29) is 18.4 Å². The third-order valence-electron chi connectivity index (χ3n) is 2.77. The summed E-state index contributed by atoms with van der Waals surface area (Å²) in [5.74, 6) is -1.29. The van der Waals surface area contributed by atoms with Crippen molar-refractivity contribution < 1.29 is 14.7 Å². The summed E-state index contributed by atoms with van der Waals surface area (Å²) in [5, 5.41) is 11.4. The minimum absolute atomic E-state index is 0.114. The smallest absolute Gasteiger partial charge is 0.308 e. The Bertz CT molecular complexity index is 227. The summed E-state index contributed by atoms with van der Waals surface area (Å²) in [6.45, 7) is 4.46. The van der Waals surface area contributed by atoms with Crippen LogP contribution in [-0.4, -0.2) is 30.1 Å². The largest absolute Gasteiger partial charge is 0.481 e. The molecule has 5 heteroatoms. The molecule has 0 saturated carbocycles. The molecule has 0 aromatic heterocycles. The number of carbonyl (C=O) groups excluding carboxylic acids is 1. The molecule has 0 aliphatic heterocycles. The predicted octanol–water partition coefficient (Wildman–Crippen LogP) is 0.588. The van der Waals surface area contributed by atoms with Gasteiger partial charge in [0.05, 0.1) is 5.92 Å². The number of nitrogens with one attached hydrogen (secondary N) is 1. The molecule has 4 N–H and O–H groups in total. The lowest BCUT2D eigenvalue weighted by Gasteiger charge is -2.14. The Morgan fingerprint density at radius 1 is 1.31 bits per heavy atom. The first kappa shape index (κ1) is 14.9. The fourth-order valence-electron chi connectivity index (χ4n) is 1.37. The fourth-order valence-corrected chi connectivity index (χ4v) is 1.37. The van der Waals surface area contributed by atoms with E-state index < -0.39 is 11.9 Å². The van der Waals surface area contributed by atoms with Crippen molar-refractivity contribution in [2.24, 2.45) is 17.6 Å². The van der Waals surface area contributed by atoms with Crippen LogP contribution in [0, 0.1) is 11.8 Å². The van der Waals surface area contributed by atoms with Crippen molar-refractivity contribution in [1.82, 2.24) is 5.32 Å². The predicted molar refractivity (Wildman–Crippen MR) is 61.9 cm³/mol. The standard InChI is InChI=1S/C11H22N2O3/c1-3-8(6-12)5-10(14)13-7-9(4-2)11(15)16/h8-9H,3-7,12H2,1-2H3,(H,13,14)(H,15,16). The second kappa shape index (κ2) is 8.10. The first-order valence-electron chi connectivity index (χ1n) is 5.74. The molecule has 0 aromatic carbocycles. The Hall–Kier alpha value is -1.10. The number of amides is 1. The van der Waals surface area contributed by atoms with Crippen molar-refractivity contribution >= 4 is 11.9 Å². The highest BCUT2D eigenvalue weighted by Gasteiger charge is 2.17. The van der Waals surface area contributed by atoms with Crippen LogP contribution >= 0.6 is 0 Å². The molecular formula is C11H22N2O3. The third-order valence-corrected chi connectivity index (χ3v) is 2.77. The van der Waals surface area contributed by atoms with Gasteiger partial charge in [0.1, 0.15) is 0 Å². The quantitative estimate of drug-likeness (QED) is 0.569. The SMILES string of the molecule is CCC(CN)CC(=O)NCC(CC)C(=O)O. The monoisotopic (exact) mass is 230 g/mol. The first-order valence-corrected chi connectivity index (χ1v) is 5.74. The summed E-state index contributed by atoms with van der Waals surface area (Å²) in [7, 11) is 0. The number of hydrogen-bond donors (Lipinski definition) is 3. The second-order valence-electron chi connectivity index (χ2n) is 3.96. The van der Waals surface area contributed by atoms with Crippen LogP contribution in [0.5, 0.6) is 0 Å². The van der Waals surface area contributed by atoms with Crippen LogP contribution in [0.25, 0.3) is 0 Å². The van der Waals surface area contributed by atoms with Gasteiger partial charge in [0.2, 0.25) is 5.91 Å². The van der Waals surface area contributed by atoms with Crippen LogP contribution in [0.1, 0.15) is 33.1 Å². The Kier molecular flexibility index (Phi) is 7.54. The number of carbonyl (C=O) groups is 2. The van der Waals surface area contributed by atoms with E-state index >= 15 is 0 Å². The third kappa shape index (κ3) is 5.70. The molecular weight excluding hydrogens is 208 g/mol. The molecule has 1 amide bonds. The number of carboxylic acids is 1. The van der Waals surface area contributed by atoms with Crippen molar-refractivity contribution in [3.8, 4) is 0 Å². The maximum absolute atomic E-state index is 11.5. The molecule has 0 aliphatic rings. The lowest BCUT2D eigenvalue weighted by atomic mass is 10.0. The number of carboxylic acid groups (broad SMARTS) is 1. The van der Waals surface area contributed by atoms with Gasteiger partial charge in [-0.05, 0) is 18.9 Å². The maximum Gasteiger partial charge on any atom is 0.308 e. The average Bonchev–Trinajstić information content (AvgIpc) is 2.26. The number of nitrogens with two attached hydrogens (primary N) is 1. The Morgan fingerprint density at radius 2 is 1.94 bits per heavy atom. The molecule has 0 saturated heterocycles. The Labute approximate surface area is 96.4 Å². The normalized spacial score (nSPS) is 14.2. The maximum atomic E-state index is 11.5. The van der Waals surface area contributed by atoms with Crippen LogP contribution in [0.2, 0.25) is 0 Å². The molecule has 0 bridgehead atoms. The molecule has 0 aromatic rings. The van der Waals surface area contributed by atoms with Crippen LogP contribution in [0.15, 0.2) is 0 Å². The molecule has 5 nitrogen and oxygen atoms in total. The lowest BCUT2D eigenvalue weighted by molar-refractivity contribution is -0.141. The van der Waals surface area contributed by atoms with Crippen molar-refractivity contribution in [2.45, 2.75) is 33.1 Å². The van der Waals surface area contributed by atoms with E-state index in [1.807, 2.05) is 6.92 Å². The summed E-state index contributed by atoms with van der Waals surface area (Å²) in [4.78, 5) is 22.2. The van der Waals surface area contributed by atoms with Crippen LogP contribution in [-0.2, 0) is 9.59 Å². The zero-order valence-corrected chi connectivity index (χ0v) is 10.0. The van der Waals surface area contributed by atoms with Gasteiger partial charge >= 0.3 is 5.97 Å². The highest BCUT2D eigenvalue weighted by Crippen LogP contribution is 2.06. The zero-order chi connectivity index (χ0) is 12.6. The van der Waals surface area contributed by atoms with Crippen molar-refractivity contribution in [3.63, 3.8) is 0 Å². The number of rotatable bonds is 8. The number of aliphatic carboxylic acids is 1. The topological polar surface area (TPSA) is 92.4 Å². The van der Waals surface area contributed by atoms with E-state index in [1.165, 1.54) is 0 Å².